The van der Waals surface area contributed by atoms with Gasteiger partial charge in [0.15, 0.2) is 11.5 Å². The number of aryl methyl sites for hydroxylation is 1. The molecular weight excluding hydrogens is 408 g/mol. The molecule has 32 heavy (non-hydrogen) atoms. The summed E-state index contributed by atoms with van der Waals surface area (Å²) < 4.78 is 16.8. The smallest absolute Gasteiger partial charge is 0.338 e. The zero-order chi connectivity index (χ0) is 23.3. The van der Waals surface area contributed by atoms with Gasteiger partial charge in [-0.15, -0.1) is 0 Å². The van der Waals surface area contributed by atoms with E-state index < -0.39 is 12.0 Å². The molecule has 2 amide bonds. The van der Waals surface area contributed by atoms with E-state index in [1.54, 1.807) is 26.2 Å². The van der Waals surface area contributed by atoms with Crippen LogP contribution in [0.1, 0.15) is 43.5 Å². The van der Waals surface area contributed by atoms with Gasteiger partial charge in [0.1, 0.15) is 6.61 Å². The van der Waals surface area contributed by atoms with E-state index in [9.17, 15) is 9.59 Å². The Hall–Kier alpha value is -3.48. The Morgan fingerprint density at radius 1 is 1.09 bits per heavy atom. The molecule has 0 saturated carbocycles. The first kappa shape index (κ1) is 23.2. The van der Waals surface area contributed by atoms with E-state index in [2.05, 4.69) is 10.6 Å². The molecule has 1 aliphatic heterocycles. The number of carbonyl (C=O) groups is 2. The van der Waals surface area contributed by atoms with Gasteiger partial charge in [0.05, 0.1) is 25.3 Å². The SMILES string of the molecule is CCOC(=O)C1=C(C(C)C)NC(=O)NC1c1ccc(OCc2ccc(C)cc2)c(OC)c1. The first-order valence-corrected chi connectivity index (χ1v) is 10.7. The van der Waals surface area contributed by atoms with Crippen LogP contribution in [-0.2, 0) is 16.1 Å². The molecular formula is C25H30N2O5. The molecule has 170 valence electrons. The second kappa shape index (κ2) is 10.2. The number of carbonyl (C=O) groups excluding carboxylic acids is 2. The molecule has 0 spiro atoms. The largest absolute Gasteiger partial charge is 0.493 e. The van der Waals surface area contributed by atoms with Crippen molar-refractivity contribution in [3.05, 3.63) is 70.4 Å². The highest BCUT2D eigenvalue weighted by molar-refractivity contribution is 5.95. The van der Waals surface area contributed by atoms with Crippen molar-refractivity contribution in [2.24, 2.45) is 5.92 Å². The Bertz CT molecular complexity index is 1010. The molecule has 0 radical (unpaired) electrons. The standard InChI is InChI=1S/C25H30N2O5/c1-6-31-24(28)21-22(15(2)3)26-25(29)27-23(21)18-11-12-19(20(13-18)30-5)32-14-17-9-7-16(4)8-10-17/h7-13,15,23H,6,14H2,1-5H3,(H2,26,27,29). The highest BCUT2D eigenvalue weighted by Crippen LogP contribution is 2.36. The van der Waals surface area contributed by atoms with Gasteiger partial charge in [0.25, 0.3) is 0 Å². The molecule has 0 bridgehead atoms. The number of urea groups is 1. The predicted molar refractivity (Wildman–Crippen MR) is 121 cm³/mol. The minimum absolute atomic E-state index is 0.0676. The molecule has 7 nitrogen and oxygen atoms in total. The molecule has 2 aromatic rings. The number of methoxy groups -OCH3 is 1. The molecule has 0 aliphatic carbocycles. The summed E-state index contributed by atoms with van der Waals surface area (Å²) in [5.41, 5.74) is 3.86. The van der Waals surface area contributed by atoms with Crippen LogP contribution in [-0.4, -0.2) is 25.7 Å². The highest BCUT2D eigenvalue weighted by Gasteiger charge is 2.35. The number of esters is 1. The zero-order valence-corrected chi connectivity index (χ0v) is 19.2. The van der Waals surface area contributed by atoms with E-state index in [-0.39, 0.29) is 18.6 Å². The maximum absolute atomic E-state index is 12.8. The Morgan fingerprint density at radius 2 is 1.81 bits per heavy atom. The molecule has 7 heteroatoms. The summed E-state index contributed by atoms with van der Waals surface area (Å²) in [6, 6.07) is 12.5. The molecule has 2 N–H and O–H groups in total. The fourth-order valence-corrected chi connectivity index (χ4v) is 3.55. The summed E-state index contributed by atoms with van der Waals surface area (Å²) in [6.45, 7) is 8.25. The highest BCUT2D eigenvalue weighted by atomic mass is 16.5. The van der Waals surface area contributed by atoms with Crippen molar-refractivity contribution in [3.63, 3.8) is 0 Å². The molecule has 0 fully saturated rings. The van der Waals surface area contributed by atoms with Gasteiger partial charge >= 0.3 is 12.0 Å². The number of hydrogen-bond donors (Lipinski definition) is 2. The summed E-state index contributed by atoms with van der Waals surface area (Å²) in [5.74, 6) is 0.550. The normalized spacial score (nSPS) is 15.8. The van der Waals surface area contributed by atoms with Crippen molar-refractivity contribution in [3.8, 4) is 11.5 Å². The Kier molecular flexibility index (Phi) is 7.41. The third-order valence-electron chi connectivity index (χ3n) is 5.21. The third kappa shape index (κ3) is 5.22. The van der Waals surface area contributed by atoms with E-state index in [4.69, 9.17) is 14.2 Å². The van der Waals surface area contributed by atoms with Crippen molar-refractivity contribution < 1.29 is 23.8 Å². The van der Waals surface area contributed by atoms with Crippen molar-refractivity contribution in [1.29, 1.82) is 0 Å². The van der Waals surface area contributed by atoms with Gasteiger partial charge in [-0.05, 0) is 43.0 Å². The van der Waals surface area contributed by atoms with Gasteiger partial charge in [0.2, 0.25) is 0 Å². The average molecular weight is 439 g/mol. The van der Waals surface area contributed by atoms with Gasteiger partial charge < -0.3 is 24.8 Å². The van der Waals surface area contributed by atoms with Gasteiger partial charge in [0, 0.05) is 5.70 Å². The van der Waals surface area contributed by atoms with Crippen molar-refractivity contribution >= 4 is 12.0 Å². The lowest BCUT2D eigenvalue weighted by atomic mass is 9.91. The topological polar surface area (TPSA) is 85.9 Å². The van der Waals surface area contributed by atoms with Crippen LogP contribution < -0.4 is 20.1 Å². The van der Waals surface area contributed by atoms with Crippen LogP contribution in [0.15, 0.2) is 53.7 Å². The van der Waals surface area contributed by atoms with Gasteiger partial charge in [-0.2, -0.15) is 0 Å². The number of benzene rings is 2. The van der Waals surface area contributed by atoms with E-state index in [1.807, 2.05) is 51.1 Å². The van der Waals surface area contributed by atoms with Crippen molar-refractivity contribution in [1.82, 2.24) is 10.6 Å². The Labute approximate surface area is 188 Å². The Balaban J connectivity index is 1.92. The number of ether oxygens (including phenoxy) is 3. The first-order valence-electron chi connectivity index (χ1n) is 10.7. The molecule has 0 saturated heterocycles. The van der Waals surface area contributed by atoms with E-state index in [0.717, 1.165) is 5.56 Å². The van der Waals surface area contributed by atoms with E-state index >= 15 is 0 Å². The fraction of sp³-hybridized carbons (Fsp3) is 0.360. The summed E-state index contributed by atoms with van der Waals surface area (Å²) in [6.07, 6.45) is 0. The third-order valence-corrected chi connectivity index (χ3v) is 5.21. The zero-order valence-electron chi connectivity index (χ0n) is 19.2. The quantitative estimate of drug-likeness (QED) is 0.597. The first-order chi connectivity index (χ1) is 15.3. The molecule has 1 atom stereocenters. The van der Waals surface area contributed by atoms with Gasteiger partial charge in [-0.25, -0.2) is 9.59 Å². The van der Waals surface area contributed by atoms with Crippen LogP contribution in [0.5, 0.6) is 11.5 Å². The molecule has 3 rings (SSSR count). The molecule has 2 aromatic carbocycles. The molecule has 1 aliphatic rings. The Morgan fingerprint density at radius 3 is 2.44 bits per heavy atom. The summed E-state index contributed by atoms with van der Waals surface area (Å²) >= 11 is 0. The lowest BCUT2D eigenvalue weighted by Gasteiger charge is -2.31. The minimum Gasteiger partial charge on any atom is -0.493 e. The minimum atomic E-state index is -0.666. The summed E-state index contributed by atoms with van der Waals surface area (Å²) in [7, 11) is 1.56. The number of nitrogens with one attached hydrogen (secondary N) is 2. The monoisotopic (exact) mass is 438 g/mol. The maximum atomic E-state index is 12.8. The van der Waals surface area contributed by atoms with Crippen LogP contribution >= 0.6 is 0 Å². The molecule has 0 aromatic heterocycles. The number of amides is 2. The average Bonchev–Trinajstić information content (AvgIpc) is 2.78. The molecule has 1 heterocycles. The van der Waals surface area contributed by atoms with Gasteiger partial charge in [-0.3, -0.25) is 0 Å². The van der Waals surface area contributed by atoms with Crippen LogP contribution in [0, 0.1) is 12.8 Å². The van der Waals surface area contributed by atoms with Crippen LogP contribution in [0.25, 0.3) is 0 Å². The number of hydrogen-bond acceptors (Lipinski definition) is 5. The van der Waals surface area contributed by atoms with E-state index in [1.165, 1.54) is 5.56 Å². The van der Waals surface area contributed by atoms with Gasteiger partial charge in [-0.1, -0.05) is 49.7 Å². The number of rotatable bonds is 8. The number of allylic oxidation sites excluding steroid dienone is 1. The lowest BCUT2D eigenvalue weighted by Crippen LogP contribution is -2.47. The fourth-order valence-electron chi connectivity index (χ4n) is 3.55. The summed E-state index contributed by atoms with van der Waals surface area (Å²) in [5, 5.41) is 5.60. The molecule has 1 unspecified atom stereocenters. The second-order valence-corrected chi connectivity index (χ2v) is 7.92. The lowest BCUT2D eigenvalue weighted by molar-refractivity contribution is -0.139. The van der Waals surface area contributed by atoms with Crippen LogP contribution in [0.3, 0.4) is 0 Å². The predicted octanol–water partition coefficient (Wildman–Crippen LogP) is 4.41. The second-order valence-electron chi connectivity index (χ2n) is 7.92. The summed E-state index contributed by atoms with van der Waals surface area (Å²) in [4.78, 5) is 25.1. The van der Waals surface area contributed by atoms with Crippen molar-refractivity contribution in [2.75, 3.05) is 13.7 Å². The maximum Gasteiger partial charge on any atom is 0.338 e. The van der Waals surface area contributed by atoms with Crippen molar-refractivity contribution in [2.45, 2.75) is 40.3 Å². The van der Waals surface area contributed by atoms with Crippen LogP contribution in [0.4, 0.5) is 4.79 Å². The van der Waals surface area contributed by atoms with Crippen LogP contribution in [0.2, 0.25) is 0 Å². The van der Waals surface area contributed by atoms with E-state index in [0.29, 0.717) is 34.9 Å².